The number of alkyl halides is 3. The lowest BCUT2D eigenvalue weighted by molar-refractivity contribution is -0.182. The third kappa shape index (κ3) is 4.93. The number of carbonyl (C=O) groups excluding carboxylic acids is 2. The Labute approximate surface area is 196 Å². The fraction of sp³-hybridized carbons (Fsp3) is 0.227. The van der Waals surface area contributed by atoms with Gasteiger partial charge < -0.3 is 5.32 Å². The second kappa shape index (κ2) is 9.08. The smallest absolute Gasteiger partial charge is 0.345 e. The number of nitrogens with zero attached hydrogens (tertiary/aromatic N) is 6. The van der Waals surface area contributed by atoms with Gasteiger partial charge in [0.2, 0.25) is 5.95 Å². The Kier molecular flexibility index (Phi) is 6.16. The van der Waals surface area contributed by atoms with Gasteiger partial charge >= 0.3 is 6.18 Å². The van der Waals surface area contributed by atoms with Gasteiger partial charge in [-0.05, 0) is 19.4 Å². The van der Waals surface area contributed by atoms with Crippen LogP contribution >= 0.6 is 0 Å². The van der Waals surface area contributed by atoms with E-state index in [4.69, 9.17) is 0 Å². The summed E-state index contributed by atoms with van der Waals surface area (Å²) in [6.07, 6.45) is 2.14. The van der Waals surface area contributed by atoms with Crippen LogP contribution in [0.2, 0.25) is 0 Å². The van der Waals surface area contributed by atoms with Crippen molar-refractivity contribution in [3.8, 4) is 17.1 Å². The first-order valence-corrected chi connectivity index (χ1v) is 10.3. The van der Waals surface area contributed by atoms with Crippen LogP contribution in [0.5, 0.6) is 0 Å². The number of amides is 1. The van der Waals surface area contributed by atoms with Gasteiger partial charge in [0.1, 0.15) is 17.5 Å². The van der Waals surface area contributed by atoms with Gasteiger partial charge in [-0.1, -0.05) is 24.3 Å². The molecule has 0 unspecified atom stereocenters. The summed E-state index contributed by atoms with van der Waals surface area (Å²) >= 11 is 0. The van der Waals surface area contributed by atoms with E-state index in [9.17, 15) is 22.8 Å². The molecule has 0 atom stereocenters. The third-order valence-electron chi connectivity index (χ3n) is 5.28. The van der Waals surface area contributed by atoms with Crippen LogP contribution in [0.3, 0.4) is 0 Å². The number of carbonyl (C=O) groups is 2. The first kappa shape index (κ1) is 23.7. The van der Waals surface area contributed by atoms with Gasteiger partial charge in [0.25, 0.3) is 5.91 Å². The van der Waals surface area contributed by atoms with Crippen molar-refractivity contribution in [2.45, 2.75) is 32.0 Å². The van der Waals surface area contributed by atoms with Crippen molar-refractivity contribution in [3.63, 3.8) is 0 Å². The van der Waals surface area contributed by atoms with E-state index in [-0.39, 0.29) is 23.9 Å². The highest BCUT2D eigenvalue weighted by atomic mass is 19.4. The molecule has 3 heterocycles. The molecule has 1 amide bonds. The molecule has 13 heteroatoms. The van der Waals surface area contributed by atoms with E-state index < -0.39 is 23.3 Å². The van der Waals surface area contributed by atoms with Crippen LogP contribution in [-0.4, -0.2) is 53.3 Å². The number of aromatic amines is 1. The molecule has 0 fully saturated rings. The van der Waals surface area contributed by atoms with Gasteiger partial charge in [-0.2, -0.15) is 23.4 Å². The third-order valence-corrected chi connectivity index (χ3v) is 5.28. The second-order valence-corrected chi connectivity index (χ2v) is 8.10. The zero-order valence-electron chi connectivity index (χ0n) is 18.5. The van der Waals surface area contributed by atoms with Crippen molar-refractivity contribution in [1.29, 1.82) is 0 Å². The molecule has 1 aromatic carbocycles. The molecule has 2 N–H and O–H groups in total. The zero-order valence-corrected chi connectivity index (χ0v) is 18.5. The molecule has 0 aliphatic rings. The number of rotatable bonds is 7. The maximum absolute atomic E-state index is 13.1. The topological polar surface area (TPSA) is 131 Å². The molecule has 0 aliphatic heterocycles. The molecule has 0 saturated carbocycles. The normalized spacial score (nSPS) is 11.9. The van der Waals surface area contributed by atoms with Crippen LogP contribution in [0.1, 0.15) is 46.2 Å². The number of nitrogens with one attached hydrogen (secondary N) is 2. The molecule has 180 valence electrons. The Morgan fingerprint density at radius 1 is 1.09 bits per heavy atom. The minimum Gasteiger partial charge on any atom is -0.345 e. The maximum Gasteiger partial charge on any atom is 0.401 e. The van der Waals surface area contributed by atoms with Crippen molar-refractivity contribution in [3.05, 3.63) is 71.8 Å². The van der Waals surface area contributed by atoms with E-state index in [1.807, 2.05) is 0 Å². The summed E-state index contributed by atoms with van der Waals surface area (Å²) < 4.78 is 40.8. The fourth-order valence-electron chi connectivity index (χ4n) is 2.94. The number of halogens is 3. The lowest BCUT2D eigenvalue weighted by Crippen LogP contribution is -2.37. The average Bonchev–Trinajstić information content (AvgIpc) is 3.53. The van der Waals surface area contributed by atoms with Crippen molar-refractivity contribution in [2.24, 2.45) is 0 Å². The van der Waals surface area contributed by atoms with Crippen LogP contribution < -0.4 is 5.32 Å². The number of H-pyrrole nitrogens is 1. The fourth-order valence-corrected chi connectivity index (χ4v) is 2.94. The highest BCUT2D eigenvalue weighted by Gasteiger charge is 2.51. The van der Waals surface area contributed by atoms with E-state index in [0.29, 0.717) is 5.56 Å². The molecular formula is C22H19F3N8O2. The molecule has 0 spiro atoms. The lowest BCUT2D eigenvalue weighted by Gasteiger charge is -2.24. The predicted molar refractivity (Wildman–Crippen MR) is 117 cm³/mol. The van der Waals surface area contributed by atoms with Gasteiger partial charge in [-0.3, -0.25) is 14.7 Å². The van der Waals surface area contributed by atoms with Crippen LogP contribution in [0.4, 0.5) is 13.2 Å². The number of hydrogen-bond donors (Lipinski definition) is 2. The monoisotopic (exact) mass is 484 g/mol. The number of benzene rings is 1. The summed E-state index contributed by atoms with van der Waals surface area (Å²) in [5.41, 5.74) is 0.0786. The van der Waals surface area contributed by atoms with E-state index >= 15 is 0 Å². The van der Waals surface area contributed by atoms with E-state index in [1.54, 1.807) is 36.7 Å². The molecule has 0 aliphatic carbocycles. The number of hydrogen-bond acceptors (Lipinski definition) is 7. The Bertz CT molecular complexity index is 1340. The van der Waals surface area contributed by atoms with Crippen molar-refractivity contribution in [2.75, 3.05) is 0 Å². The first-order chi connectivity index (χ1) is 16.6. The number of aldehydes is 1. The molecule has 4 rings (SSSR count). The van der Waals surface area contributed by atoms with Crippen molar-refractivity contribution in [1.82, 2.24) is 40.2 Å². The van der Waals surface area contributed by atoms with Gasteiger partial charge in [0.15, 0.2) is 5.82 Å². The van der Waals surface area contributed by atoms with Crippen LogP contribution in [-0.2, 0) is 12.0 Å². The van der Waals surface area contributed by atoms with Gasteiger partial charge in [0, 0.05) is 29.7 Å². The maximum atomic E-state index is 13.1. The molecule has 35 heavy (non-hydrogen) atoms. The summed E-state index contributed by atoms with van der Waals surface area (Å²) in [6, 6.07) is 6.93. The van der Waals surface area contributed by atoms with Crippen LogP contribution in [0.25, 0.3) is 17.1 Å². The standard InChI is InChI=1S/C22H19F3N8O2/c1-21(2,22(23,24)25)19-30-17(31-32-19)10-26-18(35)16-9-29-33(11-16)20-27-7-15(8-28-20)14-5-3-13(12-34)4-6-14/h3-9,11-12H,10H2,1-2H3,(H,26,35)(H,30,31,32). The molecular weight excluding hydrogens is 465 g/mol. The molecule has 0 saturated heterocycles. The Morgan fingerprint density at radius 2 is 1.77 bits per heavy atom. The SMILES string of the molecule is CC(C)(c1n[nH]c(CNC(=O)c2cnn(-c3ncc(-c4ccc(C=O)cc4)cn3)c2)n1)C(F)(F)F. The molecule has 10 nitrogen and oxygen atoms in total. The van der Waals surface area contributed by atoms with Crippen LogP contribution in [0, 0.1) is 0 Å². The molecule has 4 aromatic rings. The van der Waals surface area contributed by atoms with Crippen molar-refractivity contribution >= 4 is 12.2 Å². The van der Waals surface area contributed by atoms with Crippen molar-refractivity contribution < 1.29 is 22.8 Å². The Hall–Kier alpha value is -4.42. The molecule has 3 aromatic heterocycles. The Morgan fingerprint density at radius 3 is 2.40 bits per heavy atom. The van der Waals surface area contributed by atoms with Gasteiger partial charge in [-0.25, -0.2) is 19.6 Å². The van der Waals surface area contributed by atoms with Crippen LogP contribution in [0.15, 0.2) is 49.1 Å². The number of aromatic nitrogens is 7. The predicted octanol–water partition coefficient (Wildman–Crippen LogP) is 3.03. The minimum absolute atomic E-state index is 0.0816. The second-order valence-electron chi connectivity index (χ2n) is 8.10. The quantitative estimate of drug-likeness (QED) is 0.386. The highest BCUT2D eigenvalue weighted by Crippen LogP contribution is 2.38. The summed E-state index contributed by atoms with van der Waals surface area (Å²) in [6.45, 7) is 1.80. The summed E-state index contributed by atoms with van der Waals surface area (Å²) in [7, 11) is 0. The van der Waals surface area contributed by atoms with E-state index in [0.717, 1.165) is 31.3 Å². The summed E-state index contributed by atoms with van der Waals surface area (Å²) in [4.78, 5) is 35.6. The largest absolute Gasteiger partial charge is 0.401 e. The Balaban J connectivity index is 1.39. The summed E-state index contributed by atoms with van der Waals surface area (Å²) in [5.74, 6) is -0.622. The zero-order chi connectivity index (χ0) is 25.2. The lowest BCUT2D eigenvalue weighted by atomic mass is 9.92. The van der Waals surface area contributed by atoms with E-state index in [1.165, 1.54) is 17.1 Å². The minimum atomic E-state index is -4.52. The average molecular weight is 484 g/mol. The van der Waals surface area contributed by atoms with E-state index in [2.05, 4.69) is 35.6 Å². The molecule has 0 radical (unpaired) electrons. The molecule has 0 bridgehead atoms. The van der Waals surface area contributed by atoms with Gasteiger partial charge in [-0.15, -0.1) is 0 Å². The first-order valence-electron chi connectivity index (χ1n) is 10.3. The van der Waals surface area contributed by atoms with Gasteiger partial charge in [0.05, 0.1) is 18.3 Å². The summed E-state index contributed by atoms with van der Waals surface area (Å²) in [5, 5.41) is 12.7. The highest BCUT2D eigenvalue weighted by molar-refractivity contribution is 5.93.